The molecule has 0 saturated heterocycles. The molecule has 19 heavy (non-hydrogen) atoms. The standard InChI is InChI=1S/C14H17BrFNOS/c1-3-14(18)17(7-10-5-11(16)6-10)8-13-12(15)4-9(2)19-13/h3-4,10-11H,1,5-8H2,2H3. The van der Waals surface area contributed by atoms with Crippen molar-refractivity contribution in [1.82, 2.24) is 4.90 Å². The average Bonchev–Trinajstić information content (AvgIpc) is 2.63. The zero-order chi connectivity index (χ0) is 14.0. The van der Waals surface area contributed by atoms with Crippen LogP contribution in [0.3, 0.4) is 0 Å². The molecule has 1 aliphatic rings. The molecule has 0 N–H and O–H groups in total. The van der Waals surface area contributed by atoms with Crippen molar-refractivity contribution in [2.24, 2.45) is 5.92 Å². The fraction of sp³-hybridized carbons (Fsp3) is 0.500. The first-order valence-electron chi connectivity index (χ1n) is 6.29. The lowest BCUT2D eigenvalue weighted by Crippen LogP contribution is -2.39. The maximum absolute atomic E-state index is 12.9. The van der Waals surface area contributed by atoms with Crippen molar-refractivity contribution in [2.75, 3.05) is 6.54 Å². The number of thiophene rings is 1. The van der Waals surface area contributed by atoms with Crippen LogP contribution in [0.1, 0.15) is 22.6 Å². The van der Waals surface area contributed by atoms with E-state index < -0.39 is 6.17 Å². The van der Waals surface area contributed by atoms with Crippen LogP contribution < -0.4 is 0 Å². The molecule has 1 aromatic heterocycles. The summed E-state index contributed by atoms with van der Waals surface area (Å²) in [5.41, 5.74) is 0. The van der Waals surface area contributed by atoms with Gasteiger partial charge in [0.25, 0.3) is 0 Å². The number of hydrogen-bond donors (Lipinski definition) is 0. The smallest absolute Gasteiger partial charge is 0.246 e. The van der Waals surface area contributed by atoms with Crippen molar-refractivity contribution in [2.45, 2.75) is 32.5 Å². The van der Waals surface area contributed by atoms with Gasteiger partial charge in [-0.15, -0.1) is 11.3 Å². The van der Waals surface area contributed by atoms with E-state index in [1.807, 2.05) is 6.92 Å². The Bertz CT molecular complexity index is 482. The first kappa shape index (κ1) is 14.7. The van der Waals surface area contributed by atoms with Crippen LogP contribution >= 0.6 is 27.3 Å². The molecule has 1 heterocycles. The summed E-state index contributed by atoms with van der Waals surface area (Å²) in [7, 11) is 0. The molecule has 1 fully saturated rings. The number of hydrogen-bond acceptors (Lipinski definition) is 2. The van der Waals surface area contributed by atoms with Gasteiger partial charge in [0.2, 0.25) is 5.91 Å². The van der Waals surface area contributed by atoms with Crippen LogP contribution in [0.15, 0.2) is 23.2 Å². The average molecular weight is 346 g/mol. The Hall–Kier alpha value is -0.680. The predicted molar refractivity (Wildman–Crippen MR) is 80.0 cm³/mol. The van der Waals surface area contributed by atoms with Crippen molar-refractivity contribution in [1.29, 1.82) is 0 Å². The van der Waals surface area contributed by atoms with Gasteiger partial charge in [0, 0.05) is 20.8 Å². The second-order valence-electron chi connectivity index (χ2n) is 4.99. The van der Waals surface area contributed by atoms with Crippen LogP contribution in [0, 0.1) is 12.8 Å². The van der Waals surface area contributed by atoms with E-state index in [0.717, 1.165) is 9.35 Å². The lowest BCUT2D eigenvalue weighted by atomic mass is 9.83. The SMILES string of the molecule is C=CC(=O)N(Cc1sc(C)cc1Br)CC1CC(F)C1. The van der Waals surface area contributed by atoms with Crippen LogP contribution in [-0.2, 0) is 11.3 Å². The highest BCUT2D eigenvalue weighted by Gasteiger charge is 2.31. The third-order valence-corrected chi connectivity index (χ3v) is 5.36. The van der Waals surface area contributed by atoms with Gasteiger partial charge in [0.15, 0.2) is 0 Å². The van der Waals surface area contributed by atoms with Gasteiger partial charge in [-0.1, -0.05) is 6.58 Å². The van der Waals surface area contributed by atoms with Gasteiger partial charge in [-0.05, 0) is 53.8 Å². The Kier molecular flexibility index (Phi) is 4.79. The summed E-state index contributed by atoms with van der Waals surface area (Å²) < 4.78 is 13.9. The Balaban J connectivity index is 2.03. The Morgan fingerprint density at radius 3 is 2.84 bits per heavy atom. The predicted octanol–water partition coefficient (Wildman–Crippen LogP) is 4.08. The molecule has 0 bridgehead atoms. The third-order valence-electron chi connectivity index (χ3n) is 3.36. The first-order chi connectivity index (χ1) is 8.99. The van der Waals surface area contributed by atoms with Crippen LogP contribution in [0.2, 0.25) is 0 Å². The fourth-order valence-electron chi connectivity index (χ4n) is 2.29. The van der Waals surface area contributed by atoms with Crippen LogP contribution in [0.4, 0.5) is 4.39 Å². The minimum absolute atomic E-state index is 0.0831. The molecule has 0 spiro atoms. The van der Waals surface area contributed by atoms with E-state index in [1.54, 1.807) is 16.2 Å². The van der Waals surface area contributed by atoms with E-state index in [2.05, 4.69) is 28.6 Å². The molecular weight excluding hydrogens is 329 g/mol. The molecule has 0 unspecified atom stereocenters. The van der Waals surface area contributed by atoms with Crippen LogP contribution in [-0.4, -0.2) is 23.5 Å². The maximum Gasteiger partial charge on any atom is 0.246 e. The van der Waals surface area contributed by atoms with Gasteiger partial charge < -0.3 is 4.90 Å². The quantitative estimate of drug-likeness (QED) is 0.736. The van der Waals surface area contributed by atoms with E-state index in [9.17, 15) is 9.18 Å². The molecule has 1 amide bonds. The molecule has 1 aliphatic carbocycles. The number of aryl methyl sites for hydroxylation is 1. The van der Waals surface area contributed by atoms with Crippen molar-refractivity contribution < 1.29 is 9.18 Å². The number of carbonyl (C=O) groups excluding carboxylic acids is 1. The number of nitrogens with zero attached hydrogens (tertiary/aromatic N) is 1. The topological polar surface area (TPSA) is 20.3 Å². The highest BCUT2D eigenvalue weighted by atomic mass is 79.9. The van der Waals surface area contributed by atoms with E-state index in [1.165, 1.54) is 11.0 Å². The zero-order valence-corrected chi connectivity index (χ0v) is 13.3. The lowest BCUT2D eigenvalue weighted by Gasteiger charge is -2.34. The number of alkyl halides is 1. The van der Waals surface area contributed by atoms with Gasteiger partial charge in [-0.3, -0.25) is 4.79 Å². The molecule has 1 saturated carbocycles. The molecule has 0 atom stereocenters. The van der Waals surface area contributed by atoms with Gasteiger partial charge >= 0.3 is 0 Å². The van der Waals surface area contributed by atoms with E-state index in [4.69, 9.17) is 0 Å². The van der Waals surface area contributed by atoms with Gasteiger partial charge in [-0.25, -0.2) is 4.39 Å². The fourth-order valence-corrected chi connectivity index (χ4v) is 4.09. The van der Waals surface area contributed by atoms with Crippen molar-refractivity contribution in [3.05, 3.63) is 32.9 Å². The molecule has 2 nitrogen and oxygen atoms in total. The summed E-state index contributed by atoms with van der Waals surface area (Å²) in [5, 5.41) is 0. The van der Waals surface area contributed by atoms with Gasteiger partial charge in [0.1, 0.15) is 6.17 Å². The highest BCUT2D eigenvalue weighted by Crippen LogP contribution is 2.33. The zero-order valence-electron chi connectivity index (χ0n) is 10.9. The second-order valence-corrected chi connectivity index (χ2v) is 7.18. The molecule has 5 heteroatoms. The van der Waals surface area contributed by atoms with Crippen LogP contribution in [0.25, 0.3) is 0 Å². The molecule has 2 rings (SSSR count). The maximum atomic E-state index is 12.9. The minimum atomic E-state index is -0.679. The molecule has 0 radical (unpaired) electrons. The summed E-state index contributed by atoms with van der Waals surface area (Å²) in [5.74, 6) is 0.207. The Labute approximate surface area is 125 Å². The monoisotopic (exact) mass is 345 g/mol. The highest BCUT2D eigenvalue weighted by molar-refractivity contribution is 9.10. The van der Waals surface area contributed by atoms with Gasteiger partial charge in [0.05, 0.1) is 6.54 Å². The third kappa shape index (κ3) is 3.66. The lowest BCUT2D eigenvalue weighted by molar-refractivity contribution is -0.128. The summed E-state index contributed by atoms with van der Waals surface area (Å²) >= 11 is 5.18. The summed E-state index contributed by atoms with van der Waals surface area (Å²) in [6.07, 6.45) is 1.80. The summed E-state index contributed by atoms with van der Waals surface area (Å²) in [4.78, 5) is 16.0. The van der Waals surface area contributed by atoms with Crippen LogP contribution in [0.5, 0.6) is 0 Å². The summed E-state index contributed by atoms with van der Waals surface area (Å²) in [6, 6.07) is 2.05. The molecular formula is C14H17BrFNOS. The molecule has 0 aliphatic heterocycles. The molecule has 0 aromatic carbocycles. The molecule has 1 aromatic rings. The number of rotatable bonds is 5. The Morgan fingerprint density at radius 1 is 1.68 bits per heavy atom. The van der Waals surface area contributed by atoms with Crippen molar-refractivity contribution in [3.63, 3.8) is 0 Å². The number of amides is 1. The van der Waals surface area contributed by atoms with E-state index >= 15 is 0 Å². The first-order valence-corrected chi connectivity index (χ1v) is 7.90. The van der Waals surface area contributed by atoms with E-state index in [-0.39, 0.29) is 5.91 Å². The van der Waals surface area contributed by atoms with Gasteiger partial charge in [-0.2, -0.15) is 0 Å². The second kappa shape index (κ2) is 6.18. The van der Waals surface area contributed by atoms with Crippen molar-refractivity contribution >= 4 is 33.2 Å². The normalized spacial score (nSPS) is 21.8. The minimum Gasteiger partial charge on any atom is -0.334 e. The molecule has 104 valence electrons. The number of carbonyl (C=O) groups is 1. The largest absolute Gasteiger partial charge is 0.334 e. The summed E-state index contributed by atoms with van der Waals surface area (Å²) in [6.45, 7) is 6.77. The van der Waals surface area contributed by atoms with Crippen molar-refractivity contribution in [3.8, 4) is 0 Å². The number of halogens is 2. The Morgan fingerprint density at radius 2 is 2.37 bits per heavy atom. The van der Waals surface area contributed by atoms with E-state index in [0.29, 0.717) is 31.8 Å².